The van der Waals surface area contributed by atoms with Crippen LogP contribution in [0.1, 0.15) is 25.7 Å². The Morgan fingerprint density at radius 3 is 2.37 bits per heavy atom. The van der Waals surface area contributed by atoms with Gasteiger partial charge in [-0.1, -0.05) is 0 Å². The van der Waals surface area contributed by atoms with Crippen LogP contribution in [0.25, 0.3) is 0 Å². The molecule has 0 aromatic heterocycles. The van der Waals surface area contributed by atoms with E-state index in [9.17, 15) is 14.0 Å². The summed E-state index contributed by atoms with van der Waals surface area (Å²) >= 11 is 0. The predicted molar refractivity (Wildman–Crippen MR) is 70.1 cm³/mol. The first-order chi connectivity index (χ1) is 9.15. The Hall–Kier alpha value is -1.91. The Labute approximate surface area is 111 Å². The lowest BCUT2D eigenvalue weighted by Gasteiger charge is -2.14. The van der Waals surface area contributed by atoms with Gasteiger partial charge in [-0.2, -0.15) is 0 Å². The Morgan fingerprint density at radius 1 is 1.11 bits per heavy atom. The molecular formula is C14H17FN2O2. The number of carbonyl (C=O) groups is 2. The summed E-state index contributed by atoms with van der Waals surface area (Å²) < 4.78 is 12.7. The van der Waals surface area contributed by atoms with Crippen molar-refractivity contribution in [2.24, 2.45) is 0 Å². The Balaban J connectivity index is 1.75. The number of benzene rings is 1. The molecule has 2 rings (SSSR count). The molecule has 0 saturated carbocycles. The van der Waals surface area contributed by atoms with Crippen molar-refractivity contribution in [3.8, 4) is 0 Å². The van der Waals surface area contributed by atoms with Crippen LogP contribution in [0, 0.1) is 5.82 Å². The van der Waals surface area contributed by atoms with Crippen molar-refractivity contribution in [3.63, 3.8) is 0 Å². The van der Waals surface area contributed by atoms with Gasteiger partial charge in [-0.25, -0.2) is 4.39 Å². The first-order valence-corrected chi connectivity index (χ1v) is 6.48. The molecule has 0 atom stereocenters. The van der Waals surface area contributed by atoms with E-state index in [2.05, 4.69) is 5.32 Å². The summed E-state index contributed by atoms with van der Waals surface area (Å²) in [5.74, 6) is -0.534. The number of nitrogens with one attached hydrogen (secondary N) is 1. The third-order valence-corrected chi connectivity index (χ3v) is 3.15. The van der Waals surface area contributed by atoms with Crippen LogP contribution in [0.15, 0.2) is 24.3 Å². The molecule has 102 valence electrons. The summed E-state index contributed by atoms with van der Waals surface area (Å²) in [6.45, 7) is 1.61. The minimum Gasteiger partial charge on any atom is -0.343 e. The maximum Gasteiger partial charge on any atom is 0.224 e. The zero-order valence-electron chi connectivity index (χ0n) is 10.7. The van der Waals surface area contributed by atoms with Crippen molar-refractivity contribution in [3.05, 3.63) is 30.1 Å². The van der Waals surface area contributed by atoms with Crippen LogP contribution >= 0.6 is 0 Å². The molecule has 4 nitrogen and oxygen atoms in total. The van der Waals surface area contributed by atoms with Gasteiger partial charge in [-0.15, -0.1) is 0 Å². The molecule has 0 aliphatic carbocycles. The van der Waals surface area contributed by atoms with E-state index in [1.807, 2.05) is 0 Å². The van der Waals surface area contributed by atoms with E-state index < -0.39 is 0 Å². The van der Waals surface area contributed by atoms with E-state index in [0.717, 1.165) is 25.9 Å². The van der Waals surface area contributed by atoms with Crippen molar-refractivity contribution in [1.82, 2.24) is 4.90 Å². The van der Waals surface area contributed by atoms with Crippen molar-refractivity contribution in [2.75, 3.05) is 18.4 Å². The fourth-order valence-electron chi connectivity index (χ4n) is 2.10. The number of rotatable bonds is 4. The molecule has 19 heavy (non-hydrogen) atoms. The Bertz CT molecular complexity index is 453. The van der Waals surface area contributed by atoms with Gasteiger partial charge in [0, 0.05) is 31.6 Å². The number of nitrogens with zero attached hydrogens (tertiary/aromatic N) is 1. The number of likely N-dealkylation sites (tertiary alicyclic amines) is 1. The van der Waals surface area contributed by atoms with Gasteiger partial charge >= 0.3 is 0 Å². The van der Waals surface area contributed by atoms with Crippen LogP contribution in [0.2, 0.25) is 0 Å². The highest BCUT2D eigenvalue weighted by molar-refractivity contribution is 5.93. The molecule has 1 N–H and O–H groups in total. The lowest BCUT2D eigenvalue weighted by molar-refractivity contribution is -0.131. The number of hydrogen-bond acceptors (Lipinski definition) is 2. The smallest absolute Gasteiger partial charge is 0.224 e. The minimum absolute atomic E-state index is 0.0340. The van der Waals surface area contributed by atoms with Crippen LogP contribution in [0.5, 0.6) is 0 Å². The second-order valence-electron chi connectivity index (χ2n) is 4.64. The molecule has 2 amide bonds. The highest BCUT2D eigenvalue weighted by Crippen LogP contribution is 2.11. The average molecular weight is 264 g/mol. The molecule has 1 aromatic rings. The van der Waals surface area contributed by atoms with Gasteiger partial charge in [0.25, 0.3) is 0 Å². The molecule has 0 bridgehead atoms. The maximum absolute atomic E-state index is 12.7. The highest BCUT2D eigenvalue weighted by atomic mass is 19.1. The van der Waals surface area contributed by atoms with E-state index in [1.165, 1.54) is 24.3 Å². The number of amides is 2. The Morgan fingerprint density at radius 2 is 1.74 bits per heavy atom. The van der Waals surface area contributed by atoms with E-state index in [-0.39, 0.29) is 30.5 Å². The molecule has 5 heteroatoms. The highest BCUT2D eigenvalue weighted by Gasteiger charge is 2.18. The van der Waals surface area contributed by atoms with E-state index >= 15 is 0 Å². The fraction of sp³-hybridized carbons (Fsp3) is 0.429. The van der Waals surface area contributed by atoms with Crippen LogP contribution in [0.4, 0.5) is 10.1 Å². The first-order valence-electron chi connectivity index (χ1n) is 6.48. The summed E-state index contributed by atoms with van der Waals surface area (Å²) in [5, 5.41) is 2.64. The standard InChI is InChI=1S/C14H17FN2O2/c15-11-3-5-12(6-4-11)16-13(18)7-8-14(19)17-9-1-2-10-17/h3-6H,1-2,7-10H2,(H,16,18). The number of carbonyl (C=O) groups excluding carboxylic acids is 2. The SMILES string of the molecule is O=C(CCC(=O)N1CCCC1)Nc1ccc(F)cc1. The van der Waals surface area contributed by atoms with Crippen molar-refractivity contribution >= 4 is 17.5 Å². The molecular weight excluding hydrogens is 247 g/mol. The van der Waals surface area contributed by atoms with Gasteiger partial charge < -0.3 is 10.2 Å². The van der Waals surface area contributed by atoms with Crippen LogP contribution in [0.3, 0.4) is 0 Å². The zero-order chi connectivity index (χ0) is 13.7. The molecule has 1 heterocycles. The van der Waals surface area contributed by atoms with Crippen molar-refractivity contribution in [2.45, 2.75) is 25.7 Å². The Kier molecular flexibility index (Phi) is 4.49. The number of hydrogen-bond donors (Lipinski definition) is 1. The number of anilines is 1. The van der Waals surface area contributed by atoms with Crippen LogP contribution < -0.4 is 5.32 Å². The van der Waals surface area contributed by atoms with Gasteiger partial charge in [0.2, 0.25) is 11.8 Å². The van der Waals surface area contributed by atoms with Gasteiger partial charge in [0.15, 0.2) is 0 Å². The van der Waals surface area contributed by atoms with Crippen molar-refractivity contribution < 1.29 is 14.0 Å². The molecule has 0 spiro atoms. The largest absolute Gasteiger partial charge is 0.343 e. The number of halogens is 1. The van der Waals surface area contributed by atoms with E-state index in [4.69, 9.17) is 0 Å². The first kappa shape index (κ1) is 13.5. The molecule has 0 unspecified atom stereocenters. The monoisotopic (exact) mass is 264 g/mol. The normalized spacial score (nSPS) is 14.5. The zero-order valence-corrected chi connectivity index (χ0v) is 10.7. The molecule has 1 aliphatic rings. The lowest BCUT2D eigenvalue weighted by atomic mass is 10.2. The topological polar surface area (TPSA) is 49.4 Å². The second-order valence-corrected chi connectivity index (χ2v) is 4.64. The second kappa shape index (κ2) is 6.31. The summed E-state index contributed by atoms with van der Waals surface area (Å²) in [6, 6.07) is 5.56. The lowest BCUT2D eigenvalue weighted by Crippen LogP contribution is -2.28. The van der Waals surface area contributed by atoms with Crippen molar-refractivity contribution in [1.29, 1.82) is 0 Å². The third-order valence-electron chi connectivity index (χ3n) is 3.15. The summed E-state index contributed by atoms with van der Waals surface area (Å²) in [7, 11) is 0. The quantitative estimate of drug-likeness (QED) is 0.906. The van der Waals surface area contributed by atoms with Crippen LogP contribution in [-0.2, 0) is 9.59 Å². The van der Waals surface area contributed by atoms with Gasteiger partial charge in [0.05, 0.1) is 0 Å². The minimum atomic E-state index is -0.345. The third kappa shape index (κ3) is 4.05. The molecule has 1 aromatic carbocycles. The van der Waals surface area contributed by atoms with E-state index in [0.29, 0.717) is 5.69 Å². The van der Waals surface area contributed by atoms with Gasteiger partial charge in [-0.3, -0.25) is 9.59 Å². The fourth-order valence-corrected chi connectivity index (χ4v) is 2.10. The van der Waals surface area contributed by atoms with Crippen LogP contribution in [-0.4, -0.2) is 29.8 Å². The molecule has 1 fully saturated rings. The maximum atomic E-state index is 12.7. The molecule has 1 aliphatic heterocycles. The average Bonchev–Trinajstić information content (AvgIpc) is 2.93. The van der Waals surface area contributed by atoms with Gasteiger partial charge in [0.1, 0.15) is 5.82 Å². The summed E-state index contributed by atoms with van der Waals surface area (Å²) in [5.41, 5.74) is 0.542. The molecule has 1 saturated heterocycles. The van der Waals surface area contributed by atoms with E-state index in [1.54, 1.807) is 4.90 Å². The van der Waals surface area contributed by atoms with Gasteiger partial charge in [-0.05, 0) is 37.1 Å². The summed E-state index contributed by atoms with van der Waals surface area (Å²) in [4.78, 5) is 25.2. The summed E-state index contributed by atoms with van der Waals surface area (Å²) in [6.07, 6.45) is 2.49. The molecule has 0 radical (unpaired) electrons. The predicted octanol–water partition coefficient (Wildman–Crippen LogP) is 2.17.